The van der Waals surface area contributed by atoms with Gasteiger partial charge in [-0.15, -0.1) is 0 Å². The molecule has 0 aromatic heterocycles. The summed E-state index contributed by atoms with van der Waals surface area (Å²) < 4.78 is 1.53. The van der Waals surface area contributed by atoms with Crippen molar-refractivity contribution in [1.29, 1.82) is 0 Å². The van der Waals surface area contributed by atoms with Crippen molar-refractivity contribution in [1.82, 2.24) is 5.32 Å². The van der Waals surface area contributed by atoms with Gasteiger partial charge in [-0.25, -0.2) is 0 Å². The second kappa shape index (κ2) is 13.4. The number of carbonyl (C=O) groups excluding carboxylic acids is 1. The summed E-state index contributed by atoms with van der Waals surface area (Å²) >= 11 is 0. The highest BCUT2D eigenvalue weighted by atomic mass is 31.2. The maximum Gasteiger partial charge on any atom is 0.341 e. The zero-order chi connectivity index (χ0) is 22.1. The molecule has 0 fully saturated rings. The fraction of sp³-hybridized carbons (Fsp3) is 0.185. The third-order valence-corrected chi connectivity index (χ3v) is 9.93. The van der Waals surface area contributed by atoms with Gasteiger partial charge in [0.15, 0.2) is 0 Å². The van der Waals surface area contributed by atoms with Gasteiger partial charge in [0.1, 0.15) is 29.7 Å². The van der Waals surface area contributed by atoms with Crippen LogP contribution in [0.2, 0.25) is 0 Å². The van der Waals surface area contributed by atoms with Crippen molar-refractivity contribution < 1.29 is 9.37 Å². The van der Waals surface area contributed by atoms with Gasteiger partial charge in [-0.2, -0.15) is 0 Å². The Labute approximate surface area is 199 Å². The van der Waals surface area contributed by atoms with E-state index in [0.29, 0.717) is 6.54 Å². The van der Waals surface area contributed by atoms with Gasteiger partial charge in [0, 0.05) is 6.54 Å². The summed E-state index contributed by atoms with van der Waals surface area (Å²) in [6.07, 6.45) is 1.83. The summed E-state index contributed by atoms with van der Waals surface area (Å²) in [4.78, 5) is 12.2. The lowest BCUT2D eigenvalue weighted by molar-refractivity contribution is -0.487. The third-order valence-electron chi connectivity index (χ3n) is 5.40. The minimum absolute atomic E-state index is 0. The Morgan fingerprint density at radius 3 is 1.55 bits per heavy atom. The first-order valence-corrected chi connectivity index (χ1v) is 12.4. The van der Waals surface area contributed by atoms with E-state index in [1.54, 1.807) is 7.05 Å². The molecule has 0 aliphatic carbocycles. The summed E-state index contributed by atoms with van der Waals surface area (Å²) in [5.74, 6) is 0.0521. The highest BCUT2D eigenvalue weighted by Crippen LogP contribution is 2.55. The summed E-state index contributed by atoms with van der Waals surface area (Å²) in [7, 11) is -0.162. The van der Waals surface area contributed by atoms with Crippen LogP contribution in [0.3, 0.4) is 0 Å². The summed E-state index contributed by atoms with van der Waals surface area (Å²) in [5.41, 5.74) is 11.1. The molecule has 3 aromatic rings. The fourth-order valence-corrected chi connectivity index (χ4v) is 8.13. The van der Waals surface area contributed by atoms with Crippen LogP contribution in [0.25, 0.3) is 0 Å². The molecule has 5 nitrogen and oxygen atoms in total. The van der Waals surface area contributed by atoms with Crippen LogP contribution >= 0.6 is 7.26 Å². The summed E-state index contributed by atoms with van der Waals surface area (Å²) in [6.45, 7) is 0.754. The van der Waals surface area contributed by atoms with Crippen LogP contribution in [0.4, 0.5) is 0 Å². The molecule has 6 heteroatoms. The number of hydrogen-bond acceptors (Lipinski definition) is 1. The van der Waals surface area contributed by atoms with Gasteiger partial charge in [0.2, 0.25) is 0 Å². The number of nitrogens with zero attached hydrogens (tertiary/aromatic N) is 1. The van der Waals surface area contributed by atoms with Crippen molar-refractivity contribution in [3.05, 3.63) is 106 Å². The van der Waals surface area contributed by atoms with Gasteiger partial charge in [-0.05, 0) is 42.8 Å². The van der Waals surface area contributed by atoms with E-state index in [2.05, 4.69) is 96.3 Å². The lowest BCUT2D eigenvalue weighted by atomic mass is 10.3. The smallest absolute Gasteiger partial charge is 0.341 e. The lowest BCUT2D eigenvalue weighted by Gasteiger charge is -2.27. The second-order valence-corrected chi connectivity index (χ2v) is 11.1. The van der Waals surface area contributed by atoms with Crippen molar-refractivity contribution in [2.45, 2.75) is 6.42 Å². The Hall–Kier alpha value is -3.17. The van der Waals surface area contributed by atoms with Crippen LogP contribution in [0.1, 0.15) is 6.42 Å². The Balaban J connectivity index is 0.00000272. The van der Waals surface area contributed by atoms with Gasteiger partial charge < -0.3 is 20.2 Å². The van der Waals surface area contributed by atoms with Gasteiger partial charge in [-0.3, -0.25) is 20.8 Å². The number of benzene rings is 3. The largest absolute Gasteiger partial charge is 0.358 e. The normalized spacial score (nSPS) is 10.3. The quantitative estimate of drug-likeness (QED) is 0.113. The van der Waals surface area contributed by atoms with E-state index in [0.717, 1.165) is 12.6 Å². The number of likely N-dealkylation sites (N-methyl/N-ethyl adjacent to an activating group) is 1. The van der Waals surface area contributed by atoms with E-state index in [1.165, 1.54) is 20.5 Å². The first-order valence-electron chi connectivity index (χ1n) is 10.4. The molecule has 5 N–H and O–H groups in total. The van der Waals surface area contributed by atoms with Crippen molar-refractivity contribution in [3.8, 4) is 0 Å². The molecule has 33 heavy (non-hydrogen) atoms. The number of nitrogens with one attached hydrogen (secondary N) is 1. The number of rotatable bonds is 9. The first kappa shape index (κ1) is 27.9. The molecule has 0 saturated heterocycles. The van der Waals surface area contributed by atoms with E-state index in [1.807, 2.05) is 0 Å². The standard InChI is InChI=1S/C25H29N4OP.2CH3/c1-29(25(26)27)20-24(30)28-18-11-19-31(21-12-5-2-6-13-21,22-14-7-3-8-15-22)23-16-9-4-10-17-23;;/h2-10,12-17H,11,18-20H2,1H3,(H3-,26,27,28,30);2*1H3/q;2*-1/p+2. The van der Waals surface area contributed by atoms with Crippen LogP contribution in [-0.4, -0.2) is 42.7 Å². The number of nitrogens with two attached hydrogens (primary N) is 2. The second-order valence-electron chi connectivity index (χ2n) is 7.52. The molecule has 0 bridgehead atoms. The average molecular weight is 465 g/mol. The van der Waals surface area contributed by atoms with E-state index >= 15 is 0 Å². The van der Waals surface area contributed by atoms with E-state index in [9.17, 15) is 4.79 Å². The summed E-state index contributed by atoms with van der Waals surface area (Å²) in [5, 5.41) is 7.06. The Morgan fingerprint density at radius 2 is 1.18 bits per heavy atom. The molecule has 0 aliphatic rings. The van der Waals surface area contributed by atoms with Gasteiger partial charge >= 0.3 is 5.96 Å². The molecular weight excluding hydrogens is 427 g/mol. The van der Waals surface area contributed by atoms with Crippen LogP contribution in [-0.2, 0) is 4.79 Å². The van der Waals surface area contributed by atoms with Crippen LogP contribution < -0.4 is 32.7 Å². The molecule has 0 radical (unpaired) electrons. The zero-order valence-electron chi connectivity index (χ0n) is 19.9. The van der Waals surface area contributed by atoms with Crippen molar-refractivity contribution in [3.63, 3.8) is 0 Å². The number of carbonyl (C=O) groups is 1. The van der Waals surface area contributed by atoms with Crippen molar-refractivity contribution in [2.75, 3.05) is 26.3 Å². The molecule has 0 aliphatic heterocycles. The highest BCUT2D eigenvalue weighted by Gasteiger charge is 2.44. The molecule has 176 valence electrons. The lowest BCUT2D eigenvalue weighted by Crippen LogP contribution is -2.40. The van der Waals surface area contributed by atoms with Crippen molar-refractivity contribution >= 4 is 35.0 Å². The fourth-order valence-electron chi connectivity index (χ4n) is 3.79. The number of hydrogen-bond donors (Lipinski definition) is 3. The van der Waals surface area contributed by atoms with Crippen LogP contribution in [0.5, 0.6) is 0 Å². The van der Waals surface area contributed by atoms with E-state index in [-0.39, 0.29) is 33.3 Å². The Bertz CT molecular complexity index is 907. The molecule has 0 heterocycles. The molecule has 0 spiro atoms. The molecule has 1 amide bonds. The number of amides is 1. The minimum atomic E-state index is -1.86. The SMILES string of the molecule is C[N+](CC(=O)NCCC[P+](c1ccccc1)(c1ccccc1)c1ccccc1)=C(N)N.[CH3-].[CH3-]. The topological polar surface area (TPSA) is 84.1 Å². The van der Waals surface area contributed by atoms with E-state index < -0.39 is 7.26 Å². The maximum absolute atomic E-state index is 12.2. The minimum Gasteiger partial charge on any atom is -0.358 e. The molecule has 3 rings (SSSR count). The Kier molecular flexibility index (Phi) is 11.3. The monoisotopic (exact) mass is 464 g/mol. The number of guanidine groups is 1. The summed E-state index contributed by atoms with van der Waals surface area (Å²) in [6, 6.07) is 32.3. The van der Waals surface area contributed by atoms with Gasteiger partial charge in [-0.1, -0.05) is 54.6 Å². The third kappa shape index (κ3) is 6.90. The highest BCUT2D eigenvalue weighted by molar-refractivity contribution is 7.95. The molecule has 0 saturated carbocycles. The van der Waals surface area contributed by atoms with Crippen LogP contribution in [0.15, 0.2) is 91.0 Å². The predicted molar refractivity (Wildman–Crippen MR) is 145 cm³/mol. The van der Waals surface area contributed by atoms with Gasteiger partial charge in [0.25, 0.3) is 5.91 Å². The van der Waals surface area contributed by atoms with Crippen molar-refractivity contribution in [2.24, 2.45) is 11.5 Å². The maximum atomic E-state index is 12.2. The van der Waals surface area contributed by atoms with Gasteiger partial charge in [0.05, 0.1) is 13.2 Å². The molecule has 0 unspecified atom stereocenters. The predicted octanol–water partition coefficient (Wildman–Crippen LogP) is 2.30. The Morgan fingerprint density at radius 1 is 0.788 bits per heavy atom. The molecular formula is C27H37N4OP. The van der Waals surface area contributed by atoms with Crippen LogP contribution in [0, 0.1) is 14.9 Å². The molecule has 3 aromatic carbocycles. The molecule has 0 atom stereocenters. The first-order chi connectivity index (χ1) is 15.0. The van der Waals surface area contributed by atoms with E-state index in [4.69, 9.17) is 11.5 Å². The zero-order valence-corrected chi connectivity index (χ0v) is 20.8. The average Bonchev–Trinajstić information content (AvgIpc) is 2.81.